The number of carbonyl (C=O) groups excluding carboxylic acids is 1. The van der Waals surface area contributed by atoms with Crippen LogP contribution in [-0.4, -0.2) is 34.7 Å². The topological polar surface area (TPSA) is 74.2 Å². The van der Waals surface area contributed by atoms with Gasteiger partial charge in [0, 0.05) is 37.3 Å². The van der Waals surface area contributed by atoms with Gasteiger partial charge in [-0.1, -0.05) is 13.0 Å². The molecule has 4 rings (SSSR count). The van der Waals surface area contributed by atoms with Gasteiger partial charge in [-0.2, -0.15) is 0 Å². The molecule has 3 aromatic rings. The third kappa shape index (κ3) is 6.79. The van der Waals surface area contributed by atoms with Crippen LogP contribution in [0.5, 0.6) is 0 Å². The number of hydrogen-bond acceptors (Lipinski definition) is 4. The summed E-state index contributed by atoms with van der Waals surface area (Å²) in [6.07, 6.45) is 4.79. The van der Waals surface area contributed by atoms with E-state index in [1.165, 1.54) is 35.7 Å². The van der Waals surface area contributed by atoms with E-state index >= 15 is 0 Å². The molecule has 1 amide bonds. The molecule has 0 aliphatic heterocycles. The van der Waals surface area contributed by atoms with E-state index in [4.69, 9.17) is 0 Å². The molecule has 1 aromatic heterocycles. The van der Waals surface area contributed by atoms with Gasteiger partial charge in [-0.25, -0.2) is 8.78 Å². The highest BCUT2D eigenvalue weighted by Gasteiger charge is 2.27. The van der Waals surface area contributed by atoms with Crippen molar-refractivity contribution in [3.05, 3.63) is 88.1 Å². The molecule has 0 spiro atoms. The van der Waals surface area contributed by atoms with Crippen LogP contribution in [0.3, 0.4) is 0 Å². The molecule has 1 aliphatic carbocycles. The van der Waals surface area contributed by atoms with Gasteiger partial charge in [0.1, 0.15) is 11.6 Å². The monoisotopic (exact) mass is 507 g/mol. The second-order valence-corrected chi connectivity index (χ2v) is 9.99. The smallest absolute Gasteiger partial charge is 0.217 e. The van der Waals surface area contributed by atoms with Crippen molar-refractivity contribution in [3.63, 3.8) is 0 Å². The number of rotatable bonds is 9. The summed E-state index contributed by atoms with van der Waals surface area (Å²) in [5, 5.41) is 17.3. The minimum absolute atomic E-state index is 0.0399. The first-order valence-corrected chi connectivity index (χ1v) is 13.0. The van der Waals surface area contributed by atoms with E-state index in [0.717, 1.165) is 48.6 Å². The Kier molecular flexibility index (Phi) is 8.67. The summed E-state index contributed by atoms with van der Waals surface area (Å²) in [7, 11) is 0. The Morgan fingerprint density at radius 3 is 2.57 bits per heavy atom. The molecule has 0 radical (unpaired) electrons. The lowest BCUT2D eigenvalue weighted by Crippen LogP contribution is -2.48. The summed E-state index contributed by atoms with van der Waals surface area (Å²) < 4.78 is 27.4. The second kappa shape index (κ2) is 11.9. The van der Waals surface area contributed by atoms with Crippen LogP contribution in [0.4, 0.5) is 8.78 Å². The van der Waals surface area contributed by atoms with Crippen molar-refractivity contribution >= 4 is 5.91 Å². The van der Waals surface area contributed by atoms with E-state index in [-0.39, 0.29) is 24.9 Å². The number of aryl methyl sites for hydroxylation is 2. The fourth-order valence-corrected chi connectivity index (χ4v) is 5.25. The van der Waals surface area contributed by atoms with Crippen LogP contribution in [0, 0.1) is 18.6 Å². The van der Waals surface area contributed by atoms with Gasteiger partial charge in [-0.15, -0.1) is 0 Å². The summed E-state index contributed by atoms with van der Waals surface area (Å²) in [5.74, 6) is -1.69. The highest BCUT2D eigenvalue weighted by atomic mass is 19.1. The second-order valence-electron chi connectivity index (χ2n) is 9.99. The maximum atomic E-state index is 13.7. The molecule has 1 heterocycles. The Hall–Kier alpha value is -3.16. The number of fused-ring (bicyclic) bond motifs is 1. The zero-order valence-corrected chi connectivity index (χ0v) is 21.7. The highest BCUT2D eigenvalue weighted by molar-refractivity contribution is 5.73. The molecule has 7 heteroatoms. The lowest BCUT2D eigenvalue weighted by atomic mass is 9.82. The van der Waals surface area contributed by atoms with Gasteiger partial charge in [0.2, 0.25) is 5.91 Å². The fourth-order valence-electron chi connectivity index (χ4n) is 5.25. The molecule has 5 nitrogen and oxygen atoms in total. The number of carbonyl (C=O) groups is 1. The van der Waals surface area contributed by atoms with Gasteiger partial charge in [0.05, 0.1) is 17.8 Å². The maximum absolute atomic E-state index is 13.7. The number of nitrogens with one attached hydrogen (secondary N) is 2. The van der Waals surface area contributed by atoms with Crippen molar-refractivity contribution < 1.29 is 18.7 Å². The maximum Gasteiger partial charge on any atom is 0.217 e. The Labute approximate surface area is 217 Å². The minimum atomic E-state index is -0.951. The van der Waals surface area contributed by atoms with Crippen LogP contribution in [0.2, 0.25) is 0 Å². The Morgan fingerprint density at radius 1 is 1.14 bits per heavy atom. The molecular formula is C30H35F2N3O2. The Bertz CT molecular complexity index is 1240. The van der Waals surface area contributed by atoms with Gasteiger partial charge in [0.25, 0.3) is 0 Å². The molecule has 0 saturated heterocycles. The predicted octanol–water partition coefficient (Wildman–Crippen LogP) is 4.97. The van der Waals surface area contributed by atoms with Crippen LogP contribution >= 0.6 is 0 Å². The van der Waals surface area contributed by atoms with Crippen molar-refractivity contribution in [2.45, 2.75) is 71.1 Å². The molecule has 2 aromatic carbocycles. The van der Waals surface area contributed by atoms with Gasteiger partial charge in [-0.05, 0) is 97.2 Å². The summed E-state index contributed by atoms with van der Waals surface area (Å²) in [5.41, 5.74) is 7.41. The largest absolute Gasteiger partial charge is 0.390 e. The third-order valence-corrected chi connectivity index (χ3v) is 7.04. The van der Waals surface area contributed by atoms with Gasteiger partial charge < -0.3 is 15.7 Å². The van der Waals surface area contributed by atoms with Crippen molar-refractivity contribution in [2.24, 2.45) is 0 Å². The molecule has 0 fully saturated rings. The molecule has 0 saturated carbocycles. The molecule has 37 heavy (non-hydrogen) atoms. The van der Waals surface area contributed by atoms with Crippen molar-refractivity contribution in [2.75, 3.05) is 6.54 Å². The van der Waals surface area contributed by atoms with Crippen LogP contribution in [0.15, 0.2) is 48.7 Å². The van der Waals surface area contributed by atoms with E-state index in [2.05, 4.69) is 47.7 Å². The summed E-state index contributed by atoms with van der Waals surface area (Å²) in [6.45, 7) is 5.79. The number of nitrogens with zero attached hydrogens (tertiary/aromatic N) is 1. The number of halogens is 2. The van der Waals surface area contributed by atoms with Crippen molar-refractivity contribution in [1.82, 2.24) is 15.6 Å². The molecule has 3 atom stereocenters. The van der Waals surface area contributed by atoms with Crippen LogP contribution in [0.25, 0.3) is 11.3 Å². The lowest BCUT2D eigenvalue weighted by Gasteiger charge is -2.31. The first kappa shape index (κ1) is 26.9. The highest BCUT2D eigenvalue weighted by Crippen LogP contribution is 2.37. The van der Waals surface area contributed by atoms with E-state index in [0.29, 0.717) is 5.56 Å². The molecule has 196 valence electrons. The summed E-state index contributed by atoms with van der Waals surface area (Å²) in [6, 6.07) is 11.2. The standard InChI is InChI=1S/C30H35F2N3O2/c1-4-20-13-25-24(26(14-20)28-10-18(2)8-9-33-28)6-5-7-27(25)34-17-30(37)29(35-19(3)36)15-21-11-22(31)16-23(32)12-21/h8-14,16,27,29-30,34,37H,4-7,15,17H2,1-3H3,(H,35,36)/t27-,29+,30+/m1/s1. The average molecular weight is 508 g/mol. The fraction of sp³-hybridized carbons (Fsp3) is 0.400. The third-order valence-electron chi connectivity index (χ3n) is 7.04. The Balaban J connectivity index is 1.55. The van der Waals surface area contributed by atoms with Crippen molar-refractivity contribution in [1.29, 1.82) is 0 Å². The van der Waals surface area contributed by atoms with Gasteiger partial charge in [-0.3, -0.25) is 9.78 Å². The first-order chi connectivity index (χ1) is 17.7. The summed E-state index contributed by atoms with van der Waals surface area (Å²) in [4.78, 5) is 16.5. The number of aliphatic hydroxyl groups excluding tert-OH is 1. The molecule has 0 unspecified atom stereocenters. The Morgan fingerprint density at radius 2 is 1.89 bits per heavy atom. The number of benzene rings is 2. The SMILES string of the molecule is CCc1cc(-c2cc(C)ccn2)c2c(c1)[C@H](NC[C@H](O)[C@H](Cc1cc(F)cc(F)c1)NC(C)=O)CCC2. The zero-order valence-electron chi connectivity index (χ0n) is 21.7. The first-order valence-electron chi connectivity index (χ1n) is 13.0. The number of aromatic nitrogens is 1. The van der Waals surface area contributed by atoms with Crippen LogP contribution < -0.4 is 10.6 Å². The normalized spacial score (nSPS) is 16.6. The zero-order chi connectivity index (χ0) is 26.5. The minimum Gasteiger partial charge on any atom is -0.390 e. The molecule has 0 bridgehead atoms. The van der Waals surface area contributed by atoms with E-state index in [1.807, 2.05) is 12.3 Å². The number of pyridine rings is 1. The lowest BCUT2D eigenvalue weighted by molar-refractivity contribution is -0.120. The number of aliphatic hydroxyl groups is 1. The van der Waals surface area contributed by atoms with Gasteiger partial charge in [0.15, 0.2) is 0 Å². The summed E-state index contributed by atoms with van der Waals surface area (Å²) >= 11 is 0. The quantitative estimate of drug-likeness (QED) is 0.382. The van der Waals surface area contributed by atoms with Crippen LogP contribution in [0.1, 0.15) is 60.5 Å². The molecule has 1 aliphatic rings. The predicted molar refractivity (Wildman–Crippen MR) is 141 cm³/mol. The van der Waals surface area contributed by atoms with Gasteiger partial charge >= 0.3 is 0 Å². The van der Waals surface area contributed by atoms with E-state index in [9.17, 15) is 18.7 Å². The number of hydrogen-bond donors (Lipinski definition) is 3. The van der Waals surface area contributed by atoms with E-state index in [1.54, 1.807) is 0 Å². The van der Waals surface area contributed by atoms with Crippen LogP contribution in [-0.2, 0) is 24.1 Å². The van der Waals surface area contributed by atoms with E-state index < -0.39 is 23.8 Å². The van der Waals surface area contributed by atoms with Crippen molar-refractivity contribution in [3.8, 4) is 11.3 Å². The molecular weight excluding hydrogens is 472 g/mol. The molecule has 3 N–H and O–H groups in total. The number of amides is 1. The average Bonchev–Trinajstić information content (AvgIpc) is 2.85.